The van der Waals surface area contributed by atoms with Crippen molar-refractivity contribution in [2.75, 3.05) is 0 Å². The van der Waals surface area contributed by atoms with Gasteiger partial charge in [-0.3, -0.25) is 4.68 Å². The number of benzene rings is 1. The van der Waals surface area contributed by atoms with Gasteiger partial charge in [0.25, 0.3) is 0 Å². The molecule has 2 aromatic rings. The number of rotatable bonds is 2. The lowest BCUT2D eigenvalue weighted by molar-refractivity contribution is 0.208. The standard InChI is InChI=1S/C12H13FN2O/c1-8-3-4-9(13)7-10(8)12(16)11-5-6-14-15(11)2/h3-7,12,16H,1-2H3. The molecular formula is C12H13FN2O. The zero-order chi connectivity index (χ0) is 11.7. The Morgan fingerprint density at radius 1 is 1.38 bits per heavy atom. The van der Waals surface area contributed by atoms with Crippen LogP contribution in [0, 0.1) is 12.7 Å². The van der Waals surface area contributed by atoms with Gasteiger partial charge in [-0.25, -0.2) is 4.39 Å². The summed E-state index contributed by atoms with van der Waals surface area (Å²) in [6.07, 6.45) is 0.760. The molecule has 1 heterocycles. The van der Waals surface area contributed by atoms with Gasteiger partial charge < -0.3 is 5.11 Å². The van der Waals surface area contributed by atoms with Gasteiger partial charge in [0.2, 0.25) is 0 Å². The number of aliphatic hydroxyl groups excluding tert-OH is 1. The second-order valence-electron chi connectivity index (χ2n) is 3.78. The third-order valence-electron chi connectivity index (χ3n) is 2.67. The summed E-state index contributed by atoms with van der Waals surface area (Å²) in [5.41, 5.74) is 2.08. The van der Waals surface area contributed by atoms with Gasteiger partial charge >= 0.3 is 0 Å². The number of aliphatic hydroxyl groups is 1. The Morgan fingerprint density at radius 3 is 2.75 bits per heavy atom. The maximum absolute atomic E-state index is 13.1. The number of aryl methyl sites for hydroxylation is 2. The fraction of sp³-hybridized carbons (Fsp3) is 0.250. The summed E-state index contributed by atoms with van der Waals surface area (Å²) >= 11 is 0. The number of aromatic nitrogens is 2. The Hall–Kier alpha value is -1.68. The first kappa shape index (κ1) is 10.8. The summed E-state index contributed by atoms with van der Waals surface area (Å²) in [6, 6.07) is 6.11. The first-order valence-corrected chi connectivity index (χ1v) is 5.01. The van der Waals surface area contributed by atoms with Crippen LogP contribution < -0.4 is 0 Å². The molecule has 0 aliphatic heterocycles. The van der Waals surface area contributed by atoms with E-state index in [0.717, 1.165) is 5.56 Å². The van der Waals surface area contributed by atoms with Crippen LogP contribution in [0.15, 0.2) is 30.5 Å². The lowest BCUT2D eigenvalue weighted by atomic mass is 10.0. The van der Waals surface area contributed by atoms with Gasteiger partial charge in [-0.05, 0) is 36.2 Å². The number of nitrogens with zero attached hydrogens (tertiary/aromatic N) is 2. The zero-order valence-electron chi connectivity index (χ0n) is 9.18. The van der Waals surface area contributed by atoms with E-state index in [0.29, 0.717) is 11.3 Å². The molecule has 2 rings (SSSR count). The van der Waals surface area contributed by atoms with Crippen molar-refractivity contribution >= 4 is 0 Å². The van der Waals surface area contributed by atoms with Crippen molar-refractivity contribution in [3.63, 3.8) is 0 Å². The van der Waals surface area contributed by atoms with Crippen molar-refractivity contribution in [2.45, 2.75) is 13.0 Å². The smallest absolute Gasteiger partial charge is 0.123 e. The van der Waals surface area contributed by atoms with Crippen molar-refractivity contribution in [1.82, 2.24) is 9.78 Å². The summed E-state index contributed by atoms with van der Waals surface area (Å²) in [7, 11) is 1.74. The Bertz CT molecular complexity index is 507. The Morgan fingerprint density at radius 2 is 2.12 bits per heavy atom. The minimum atomic E-state index is -0.844. The van der Waals surface area contributed by atoms with E-state index in [1.165, 1.54) is 12.1 Å². The molecule has 1 N–H and O–H groups in total. The molecule has 4 heteroatoms. The van der Waals surface area contributed by atoms with E-state index in [4.69, 9.17) is 0 Å². The summed E-state index contributed by atoms with van der Waals surface area (Å²) in [6.45, 7) is 1.84. The fourth-order valence-corrected chi connectivity index (χ4v) is 1.72. The van der Waals surface area contributed by atoms with Crippen LogP contribution in [-0.4, -0.2) is 14.9 Å². The predicted molar refractivity (Wildman–Crippen MR) is 58.4 cm³/mol. The minimum Gasteiger partial charge on any atom is -0.382 e. The number of hydrogen-bond donors (Lipinski definition) is 1. The van der Waals surface area contributed by atoms with E-state index in [-0.39, 0.29) is 5.82 Å². The zero-order valence-corrected chi connectivity index (χ0v) is 9.18. The maximum Gasteiger partial charge on any atom is 0.123 e. The molecule has 84 valence electrons. The highest BCUT2D eigenvalue weighted by Crippen LogP contribution is 2.24. The Kier molecular flexibility index (Phi) is 2.75. The normalized spacial score (nSPS) is 12.8. The highest BCUT2D eigenvalue weighted by atomic mass is 19.1. The number of halogens is 1. The summed E-state index contributed by atoms with van der Waals surface area (Å²) < 4.78 is 14.7. The van der Waals surface area contributed by atoms with E-state index in [9.17, 15) is 9.50 Å². The van der Waals surface area contributed by atoms with Crippen molar-refractivity contribution in [3.8, 4) is 0 Å². The van der Waals surface area contributed by atoms with Gasteiger partial charge in [0.05, 0.1) is 5.69 Å². The minimum absolute atomic E-state index is 0.346. The van der Waals surface area contributed by atoms with Crippen LogP contribution in [-0.2, 0) is 7.05 Å². The van der Waals surface area contributed by atoms with Crippen LogP contribution in [0.5, 0.6) is 0 Å². The number of hydrogen-bond acceptors (Lipinski definition) is 2. The average molecular weight is 220 g/mol. The summed E-state index contributed by atoms with van der Waals surface area (Å²) in [4.78, 5) is 0. The molecule has 1 aromatic carbocycles. The first-order chi connectivity index (χ1) is 7.59. The predicted octanol–water partition coefficient (Wildman–Crippen LogP) is 1.95. The van der Waals surface area contributed by atoms with Crippen LogP contribution in [0.3, 0.4) is 0 Å². The Balaban J connectivity index is 2.45. The van der Waals surface area contributed by atoms with Crippen LogP contribution in [0.25, 0.3) is 0 Å². The van der Waals surface area contributed by atoms with Crippen LogP contribution in [0.4, 0.5) is 4.39 Å². The molecule has 0 saturated heterocycles. The van der Waals surface area contributed by atoms with Crippen molar-refractivity contribution < 1.29 is 9.50 Å². The van der Waals surface area contributed by atoms with Gasteiger partial charge in [0.1, 0.15) is 11.9 Å². The highest BCUT2D eigenvalue weighted by molar-refractivity contribution is 5.33. The fourth-order valence-electron chi connectivity index (χ4n) is 1.72. The molecule has 0 bridgehead atoms. The summed E-state index contributed by atoms with van der Waals surface area (Å²) in [5.74, 6) is -0.346. The van der Waals surface area contributed by atoms with Crippen molar-refractivity contribution in [1.29, 1.82) is 0 Å². The van der Waals surface area contributed by atoms with Gasteiger partial charge in [0.15, 0.2) is 0 Å². The maximum atomic E-state index is 13.1. The van der Waals surface area contributed by atoms with E-state index < -0.39 is 6.10 Å². The molecule has 0 fully saturated rings. The molecule has 1 atom stereocenters. The average Bonchev–Trinajstić information content (AvgIpc) is 2.67. The third-order valence-corrected chi connectivity index (χ3v) is 2.67. The Labute approximate surface area is 93.2 Å². The molecule has 0 amide bonds. The molecule has 16 heavy (non-hydrogen) atoms. The topological polar surface area (TPSA) is 38.1 Å². The molecule has 0 aliphatic carbocycles. The van der Waals surface area contributed by atoms with Crippen LogP contribution in [0.1, 0.15) is 22.9 Å². The SMILES string of the molecule is Cc1ccc(F)cc1C(O)c1ccnn1C. The second kappa shape index (κ2) is 4.06. The molecule has 1 aromatic heterocycles. The highest BCUT2D eigenvalue weighted by Gasteiger charge is 2.16. The largest absolute Gasteiger partial charge is 0.382 e. The van der Waals surface area contributed by atoms with E-state index in [2.05, 4.69) is 5.10 Å². The lowest BCUT2D eigenvalue weighted by Gasteiger charge is -2.14. The van der Waals surface area contributed by atoms with Gasteiger partial charge in [-0.2, -0.15) is 5.10 Å². The van der Waals surface area contributed by atoms with Crippen molar-refractivity contribution in [2.24, 2.45) is 7.05 Å². The van der Waals surface area contributed by atoms with E-state index >= 15 is 0 Å². The van der Waals surface area contributed by atoms with Crippen LogP contribution >= 0.6 is 0 Å². The van der Waals surface area contributed by atoms with E-state index in [1.807, 2.05) is 6.92 Å². The monoisotopic (exact) mass is 220 g/mol. The lowest BCUT2D eigenvalue weighted by Crippen LogP contribution is -2.08. The van der Waals surface area contributed by atoms with Gasteiger partial charge in [-0.1, -0.05) is 6.07 Å². The van der Waals surface area contributed by atoms with E-state index in [1.54, 1.807) is 30.1 Å². The molecule has 0 radical (unpaired) electrons. The van der Waals surface area contributed by atoms with Crippen molar-refractivity contribution in [3.05, 3.63) is 53.1 Å². The molecule has 1 unspecified atom stereocenters. The quantitative estimate of drug-likeness (QED) is 0.840. The van der Waals surface area contributed by atoms with Crippen LogP contribution in [0.2, 0.25) is 0 Å². The first-order valence-electron chi connectivity index (χ1n) is 5.01. The van der Waals surface area contributed by atoms with Gasteiger partial charge in [0, 0.05) is 13.2 Å². The molecule has 0 saturated carbocycles. The third kappa shape index (κ3) is 1.84. The second-order valence-corrected chi connectivity index (χ2v) is 3.78. The molecule has 0 spiro atoms. The summed E-state index contributed by atoms with van der Waals surface area (Å²) in [5, 5.41) is 14.1. The van der Waals surface area contributed by atoms with Gasteiger partial charge in [-0.15, -0.1) is 0 Å². The molecular weight excluding hydrogens is 207 g/mol. The molecule has 3 nitrogen and oxygen atoms in total. The molecule has 0 aliphatic rings.